The molecule has 1 aromatic carbocycles. The van der Waals surface area contributed by atoms with Crippen LogP contribution >= 0.6 is 0 Å². The first-order chi connectivity index (χ1) is 9.99. The van der Waals surface area contributed by atoms with E-state index in [4.69, 9.17) is 4.98 Å². The van der Waals surface area contributed by atoms with Gasteiger partial charge in [-0.1, -0.05) is 39.0 Å². The summed E-state index contributed by atoms with van der Waals surface area (Å²) >= 11 is 0. The summed E-state index contributed by atoms with van der Waals surface area (Å²) < 4.78 is 0. The van der Waals surface area contributed by atoms with E-state index in [0.717, 1.165) is 35.4 Å². The molecule has 1 atom stereocenters. The van der Waals surface area contributed by atoms with Crippen LogP contribution in [-0.4, -0.2) is 18.1 Å². The Balaban J connectivity index is 1.97. The third kappa shape index (κ3) is 2.58. The smallest absolute Gasteiger partial charge is 0.130 e. The minimum atomic E-state index is 0.323. The van der Waals surface area contributed by atoms with Crippen molar-refractivity contribution in [3.63, 3.8) is 0 Å². The molecule has 1 saturated heterocycles. The third-order valence-corrected chi connectivity index (χ3v) is 4.56. The molecular formula is C18H21N3. The fourth-order valence-electron chi connectivity index (χ4n) is 3.09. The molecule has 0 aliphatic carbocycles. The molecule has 3 rings (SSSR count). The van der Waals surface area contributed by atoms with Gasteiger partial charge < -0.3 is 4.90 Å². The highest BCUT2D eigenvalue weighted by Gasteiger charge is 2.32. The van der Waals surface area contributed by atoms with Crippen LogP contribution in [0.5, 0.6) is 0 Å². The summed E-state index contributed by atoms with van der Waals surface area (Å²) in [6.07, 6.45) is 1.19. The van der Waals surface area contributed by atoms with E-state index in [9.17, 15) is 5.26 Å². The Kier molecular flexibility index (Phi) is 3.33. The zero-order chi connectivity index (χ0) is 15.0. The second-order valence-corrected chi connectivity index (χ2v) is 6.95. The van der Waals surface area contributed by atoms with Gasteiger partial charge in [-0.15, -0.1) is 0 Å². The highest BCUT2D eigenvalue weighted by atomic mass is 15.2. The lowest BCUT2D eigenvalue weighted by molar-refractivity contribution is 0.263. The number of fused-ring (bicyclic) bond motifs is 1. The minimum absolute atomic E-state index is 0.323. The monoisotopic (exact) mass is 279 g/mol. The SMILES string of the molecule is CC(C)(C)C1CCN(c2cc(C#N)c3ccccc3n2)C1. The van der Waals surface area contributed by atoms with E-state index in [-0.39, 0.29) is 0 Å². The molecule has 1 fully saturated rings. The van der Waals surface area contributed by atoms with Crippen LogP contribution in [0.3, 0.4) is 0 Å². The predicted molar refractivity (Wildman–Crippen MR) is 86.2 cm³/mol. The molecule has 0 spiro atoms. The van der Waals surface area contributed by atoms with Gasteiger partial charge in [0, 0.05) is 18.5 Å². The van der Waals surface area contributed by atoms with E-state index in [1.54, 1.807) is 0 Å². The molecule has 0 N–H and O–H groups in total. The number of rotatable bonds is 1. The lowest BCUT2D eigenvalue weighted by atomic mass is 9.80. The van der Waals surface area contributed by atoms with Crippen LogP contribution in [0, 0.1) is 22.7 Å². The third-order valence-electron chi connectivity index (χ3n) is 4.56. The normalized spacial score (nSPS) is 19.0. The molecule has 3 nitrogen and oxygen atoms in total. The summed E-state index contributed by atoms with van der Waals surface area (Å²) in [5.74, 6) is 1.62. The fraction of sp³-hybridized carbons (Fsp3) is 0.444. The number of hydrogen-bond donors (Lipinski definition) is 0. The first kappa shape index (κ1) is 13.9. The Morgan fingerprint density at radius 2 is 2.05 bits per heavy atom. The van der Waals surface area contributed by atoms with Gasteiger partial charge in [-0.05, 0) is 29.9 Å². The highest BCUT2D eigenvalue weighted by molar-refractivity contribution is 5.86. The standard InChI is InChI=1S/C18H21N3/c1-18(2,3)14-8-9-21(12-14)17-10-13(11-19)15-6-4-5-7-16(15)20-17/h4-7,10,14H,8-9,12H2,1-3H3. The van der Waals surface area contributed by atoms with Crippen LogP contribution in [0.25, 0.3) is 10.9 Å². The highest BCUT2D eigenvalue weighted by Crippen LogP contribution is 2.35. The van der Waals surface area contributed by atoms with Gasteiger partial charge in [0.25, 0.3) is 0 Å². The van der Waals surface area contributed by atoms with Crippen molar-refractivity contribution in [3.05, 3.63) is 35.9 Å². The summed E-state index contributed by atoms with van der Waals surface area (Å²) in [4.78, 5) is 7.08. The van der Waals surface area contributed by atoms with Crippen molar-refractivity contribution in [2.24, 2.45) is 11.3 Å². The van der Waals surface area contributed by atoms with E-state index >= 15 is 0 Å². The maximum Gasteiger partial charge on any atom is 0.130 e. The summed E-state index contributed by atoms with van der Waals surface area (Å²) in [7, 11) is 0. The van der Waals surface area contributed by atoms with Gasteiger partial charge in [-0.2, -0.15) is 5.26 Å². The molecule has 0 amide bonds. The topological polar surface area (TPSA) is 39.9 Å². The van der Waals surface area contributed by atoms with Crippen molar-refractivity contribution in [1.82, 2.24) is 4.98 Å². The Morgan fingerprint density at radius 3 is 2.71 bits per heavy atom. The quantitative estimate of drug-likeness (QED) is 0.792. The molecule has 0 radical (unpaired) electrons. The fourth-order valence-corrected chi connectivity index (χ4v) is 3.09. The van der Waals surface area contributed by atoms with Gasteiger partial charge in [0.15, 0.2) is 0 Å². The maximum absolute atomic E-state index is 9.39. The van der Waals surface area contributed by atoms with Crippen LogP contribution in [0.2, 0.25) is 0 Å². The van der Waals surface area contributed by atoms with Gasteiger partial charge in [-0.25, -0.2) is 4.98 Å². The number of anilines is 1. The lowest BCUT2D eigenvalue weighted by Gasteiger charge is -2.27. The summed E-state index contributed by atoms with van der Waals surface area (Å²) in [5.41, 5.74) is 1.95. The second kappa shape index (κ2) is 5.04. The largest absolute Gasteiger partial charge is 0.356 e. The first-order valence-corrected chi connectivity index (χ1v) is 7.54. The van der Waals surface area contributed by atoms with Crippen LogP contribution < -0.4 is 4.90 Å². The van der Waals surface area contributed by atoms with E-state index in [2.05, 4.69) is 31.7 Å². The van der Waals surface area contributed by atoms with Crippen molar-refractivity contribution in [3.8, 4) is 6.07 Å². The summed E-state index contributed by atoms with van der Waals surface area (Å²) in [6, 6.07) is 12.1. The average molecular weight is 279 g/mol. The molecular weight excluding hydrogens is 258 g/mol. The van der Waals surface area contributed by atoms with Gasteiger partial charge in [0.2, 0.25) is 0 Å². The van der Waals surface area contributed by atoms with Crippen molar-refractivity contribution < 1.29 is 0 Å². The number of aromatic nitrogens is 1. The predicted octanol–water partition coefficient (Wildman–Crippen LogP) is 3.98. The van der Waals surface area contributed by atoms with E-state index in [1.165, 1.54) is 6.42 Å². The lowest BCUT2D eigenvalue weighted by Crippen LogP contribution is -2.26. The van der Waals surface area contributed by atoms with E-state index < -0.39 is 0 Å². The van der Waals surface area contributed by atoms with Crippen molar-refractivity contribution in [1.29, 1.82) is 5.26 Å². The maximum atomic E-state index is 9.39. The number of nitrogens with zero attached hydrogens (tertiary/aromatic N) is 3. The van der Waals surface area contributed by atoms with Crippen LogP contribution in [0.1, 0.15) is 32.8 Å². The van der Waals surface area contributed by atoms with Gasteiger partial charge in [0.05, 0.1) is 17.1 Å². The Morgan fingerprint density at radius 1 is 1.29 bits per heavy atom. The van der Waals surface area contributed by atoms with E-state index in [0.29, 0.717) is 11.3 Å². The molecule has 2 heterocycles. The zero-order valence-corrected chi connectivity index (χ0v) is 12.9. The molecule has 21 heavy (non-hydrogen) atoms. The summed E-state index contributed by atoms with van der Waals surface area (Å²) in [6.45, 7) is 8.96. The Hall–Kier alpha value is -2.08. The number of hydrogen-bond acceptors (Lipinski definition) is 3. The first-order valence-electron chi connectivity index (χ1n) is 7.54. The second-order valence-electron chi connectivity index (χ2n) is 6.95. The molecule has 1 aliphatic heterocycles. The summed E-state index contributed by atoms with van der Waals surface area (Å²) in [5, 5.41) is 10.3. The minimum Gasteiger partial charge on any atom is -0.356 e. The molecule has 2 aromatic rings. The van der Waals surface area contributed by atoms with Gasteiger partial charge in [-0.3, -0.25) is 0 Å². The molecule has 0 bridgehead atoms. The van der Waals surface area contributed by atoms with Crippen molar-refractivity contribution in [2.75, 3.05) is 18.0 Å². The Bertz CT molecular complexity index is 706. The molecule has 108 valence electrons. The number of pyridine rings is 1. The van der Waals surface area contributed by atoms with E-state index in [1.807, 2.05) is 30.3 Å². The Labute approximate surface area is 126 Å². The van der Waals surface area contributed by atoms with Crippen molar-refractivity contribution >= 4 is 16.7 Å². The molecule has 1 aliphatic rings. The average Bonchev–Trinajstić information content (AvgIpc) is 2.96. The van der Waals surface area contributed by atoms with Crippen LogP contribution in [0.4, 0.5) is 5.82 Å². The van der Waals surface area contributed by atoms with Crippen LogP contribution in [-0.2, 0) is 0 Å². The molecule has 3 heteroatoms. The molecule has 0 saturated carbocycles. The number of para-hydroxylation sites is 1. The number of nitriles is 1. The molecule has 1 aromatic heterocycles. The van der Waals surface area contributed by atoms with Gasteiger partial charge >= 0.3 is 0 Å². The zero-order valence-electron chi connectivity index (χ0n) is 12.9. The molecule has 1 unspecified atom stereocenters. The van der Waals surface area contributed by atoms with Gasteiger partial charge in [0.1, 0.15) is 5.82 Å². The number of benzene rings is 1. The van der Waals surface area contributed by atoms with Crippen LogP contribution in [0.15, 0.2) is 30.3 Å². The van der Waals surface area contributed by atoms with Crippen molar-refractivity contribution in [2.45, 2.75) is 27.2 Å².